The number of esters is 1. The van der Waals surface area contributed by atoms with Gasteiger partial charge in [-0.3, -0.25) is 14.4 Å². The molecule has 1 atom stereocenters. The van der Waals surface area contributed by atoms with Crippen LogP contribution in [0.2, 0.25) is 0 Å². The van der Waals surface area contributed by atoms with E-state index in [0.29, 0.717) is 22.9 Å². The number of hydrogen-bond donors (Lipinski definition) is 1. The lowest BCUT2D eigenvalue weighted by molar-refractivity contribution is -0.146. The zero-order chi connectivity index (χ0) is 20.1. The van der Waals surface area contributed by atoms with E-state index in [2.05, 4.69) is 5.32 Å². The molecule has 1 heterocycles. The van der Waals surface area contributed by atoms with E-state index >= 15 is 0 Å². The number of ether oxygens (including phenoxy) is 4. The summed E-state index contributed by atoms with van der Waals surface area (Å²) in [5.41, 5.74) is 0.771. The number of para-hydroxylation sites is 2. The van der Waals surface area contributed by atoms with Gasteiger partial charge in [0.15, 0.2) is 12.7 Å². The van der Waals surface area contributed by atoms with Gasteiger partial charge in [0, 0.05) is 0 Å². The van der Waals surface area contributed by atoms with Gasteiger partial charge >= 0.3 is 5.97 Å². The molecule has 0 saturated heterocycles. The molecular formula is C20H19NO7. The minimum atomic E-state index is -1.02. The van der Waals surface area contributed by atoms with Crippen molar-refractivity contribution in [2.45, 2.75) is 12.5 Å². The van der Waals surface area contributed by atoms with Crippen LogP contribution in [0.5, 0.6) is 17.2 Å². The van der Waals surface area contributed by atoms with Crippen LogP contribution in [0, 0.1) is 0 Å². The molecule has 8 heteroatoms. The number of methoxy groups -OCH3 is 2. The highest BCUT2D eigenvalue weighted by atomic mass is 16.5. The van der Waals surface area contributed by atoms with Crippen molar-refractivity contribution < 1.29 is 33.3 Å². The van der Waals surface area contributed by atoms with Crippen molar-refractivity contribution in [1.82, 2.24) is 0 Å². The lowest BCUT2D eigenvalue weighted by Crippen LogP contribution is -2.39. The quantitative estimate of drug-likeness (QED) is 0.576. The van der Waals surface area contributed by atoms with Gasteiger partial charge in [-0.05, 0) is 30.3 Å². The van der Waals surface area contributed by atoms with Crippen LogP contribution in [0.4, 0.5) is 5.69 Å². The summed E-state index contributed by atoms with van der Waals surface area (Å²) in [6.07, 6.45) is -1.34. The van der Waals surface area contributed by atoms with Crippen molar-refractivity contribution in [3.63, 3.8) is 0 Å². The van der Waals surface area contributed by atoms with Crippen molar-refractivity contribution in [2.75, 3.05) is 26.1 Å². The summed E-state index contributed by atoms with van der Waals surface area (Å²) in [5.74, 6) is -0.346. The highest BCUT2D eigenvalue weighted by molar-refractivity contribution is 6.01. The molecule has 146 valence electrons. The fourth-order valence-corrected chi connectivity index (χ4v) is 2.69. The zero-order valence-corrected chi connectivity index (χ0v) is 15.4. The number of anilines is 1. The van der Waals surface area contributed by atoms with Crippen LogP contribution in [0.3, 0.4) is 0 Å². The number of benzene rings is 2. The Bertz CT molecular complexity index is 909. The molecule has 0 aliphatic carbocycles. The molecular weight excluding hydrogens is 366 g/mol. The normalized spacial score (nSPS) is 14.9. The molecule has 1 N–H and O–H groups in total. The van der Waals surface area contributed by atoms with Crippen LogP contribution < -0.4 is 19.5 Å². The van der Waals surface area contributed by atoms with Gasteiger partial charge in [0.1, 0.15) is 17.2 Å². The van der Waals surface area contributed by atoms with Crippen molar-refractivity contribution in [3.05, 3.63) is 48.0 Å². The number of carbonyl (C=O) groups is 3. The third kappa shape index (κ3) is 4.22. The zero-order valence-electron chi connectivity index (χ0n) is 15.4. The number of Topliss-reactive ketones (excluding diaryl/α,β-unsaturated/α-hetero) is 1. The number of ketones is 1. The Morgan fingerprint density at radius 2 is 1.89 bits per heavy atom. The maximum atomic E-state index is 12.4. The first-order valence-electron chi connectivity index (χ1n) is 8.49. The van der Waals surface area contributed by atoms with Crippen LogP contribution in [0.15, 0.2) is 42.5 Å². The Labute approximate surface area is 161 Å². The molecule has 2 aromatic carbocycles. The monoisotopic (exact) mass is 385 g/mol. The van der Waals surface area contributed by atoms with E-state index in [9.17, 15) is 14.4 Å². The number of carbonyl (C=O) groups excluding carboxylic acids is 3. The van der Waals surface area contributed by atoms with Gasteiger partial charge in [0.25, 0.3) is 5.91 Å². The smallest absolute Gasteiger partial charge is 0.310 e. The minimum absolute atomic E-state index is 0.232. The van der Waals surface area contributed by atoms with Crippen LogP contribution in [-0.2, 0) is 14.3 Å². The summed E-state index contributed by atoms with van der Waals surface area (Å²) in [5, 5.41) is 2.66. The topological polar surface area (TPSA) is 100 Å². The molecule has 0 aromatic heterocycles. The van der Waals surface area contributed by atoms with Crippen LogP contribution in [0.25, 0.3) is 0 Å². The molecule has 0 bridgehead atoms. The molecule has 1 amide bonds. The van der Waals surface area contributed by atoms with E-state index in [1.807, 2.05) is 0 Å². The summed E-state index contributed by atoms with van der Waals surface area (Å²) in [4.78, 5) is 36.6. The number of nitrogens with one attached hydrogen (secondary N) is 1. The Morgan fingerprint density at radius 1 is 1.11 bits per heavy atom. The van der Waals surface area contributed by atoms with Gasteiger partial charge in [0.05, 0.1) is 31.9 Å². The van der Waals surface area contributed by atoms with Gasteiger partial charge in [0.2, 0.25) is 5.78 Å². The molecule has 0 fully saturated rings. The second kappa shape index (κ2) is 8.43. The van der Waals surface area contributed by atoms with Crippen molar-refractivity contribution >= 4 is 23.3 Å². The van der Waals surface area contributed by atoms with E-state index in [1.54, 1.807) is 36.4 Å². The second-order valence-electron chi connectivity index (χ2n) is 5.95. The first-order valence-corrected chi connectivity index (χ1v) is 8.49. The Hall–Kier alpha value is -3.55. The number of fused-ring (bicyclic) bond motifs is 1. The Balaban J connectivity index is 1.59. The second-order valence-corrected chi connectivity index (χ2v) is 5.95. The van der Waals surface area contributed by atoms with E-state index in [4.69, 9.17) is 18.9 Å². The summed E-state index contributed by atoms with van der Waals surface area (Å²) >= 11 is 0. The largest absolute Gasteiger partial charge is 0.497 e. The number of rotatable bonds is 7. The maximum absolute atomic E-state index is 12.4. The first kappa shape index (κ1) is 19.2. The number of amides is 1. The Morgan fingerprint density at radius 3 is 2.64 bits per heavy atom. The lowest BCUT2D eigenvalue weighted by atomic mass is 10.1. The molecule has 3 rings (SSSR count). The summed E-state index contributed by atoms with van der Waals surface area (Å²) in [7, 11) is 2.91. The van der Waals surface area contributed by atoms with Gasteiger partial charge in [-0.15, -0.1) is 0 Å². The van der Waals surface area contributed by atoms with E-state index < -0.39 is 30.4 Å². The van der Waals surface area contributed by atoms with Gasteiger partial charge < -0.3 is 24.3 Å². The highest BCUT2D eigenvalue weighted by Gasteiger charge is 2.30. The standard InChI is InChI=1S/C20H19NO7/c1-25-12-7-8-16(26-2)13(9-12)15(22)11-27-19(23)10-18-20(24)21-14-5-3-4-6-17(14)28-18/h3-9,18H,10-11H2,1-2H3,(H,21,24)/t18-/m1/s1. The van der Waals surface area contributed by atoms with Gasteiger partial charge in [-0.1, -0.05) is 12.1 Å². The molecule has 0 saturated carbocycles. The molecule has 8 nitrogen and oxygen atoms in total. The Kier molecular flexibility index (Phi) is 5.78. The molecule has 1 aliphatic heterocycles. The SMILES string of the molecule is COc1ccc(OC)c(C(=O)COC(=O)C[C@H]2Oc3ccccc3NC2=O)c1. The van der Waals surface area contributed by atoms with E-state index in [0.717, 1.165) is 0 Å². The average Bonchev–Trinajstić information content (AvgIpc) is 2.72. The third-order valence-corrected chi connectivity index (χ3v) is 4.13. The number of hydrogen-bond acceptors (Lipinski definition) is 7. The molecule has 0 spiro atoms. The molecule has 0 unspecified atom stereocenters. The van der Waals surface area contributed by atoms with Crippen molar-refractivity contribution in [3.8, 4) is 17.2 Å². The summed E-state index contributed by atoms with van der Waals surface area (Å²) in [6.45, 7) is -0.493. The summed E-state index contributed by atoms with van der Waals surface area (Å²) < 4.78 is 20.8. The molecule has 28 heavy (non-hydrogen) atoms. The van der Waals surface area contributed by atoms with Crippen molar-refractivity contribution in [1.29, 1.82) is 0 Å². The van der Waals surface area contributed by atoms with Crippen LogP contribution in [-0.4, -0.2) is 44.6 Å². The van der Waals surface area contributed by atoms with Gasteiger partial charge in [-0.2, -0.15) is 0 Å². The third-order valence-electron chi connectivity index (χ3n) is 4.13. The average molecular weight is 385 g/mol. The first-order chi connectivity index (χ1) is 13.5. The highest BCUT2D eigenvalue weighted by Crippen LogP contribution is 2.29. The van der Waals surface area contributed by atoms with Crippen molar-refractivity contribution in [2.24, 2.45) is 0 Å². The molecule has 1 aliphatic rings. The summed E-state index contributed by atoms with van der Waals surface area (Å²) in [6, 6.07) is 11.6. The van der Waals surface area contributed by atoms with E-state index in [-0.39, 0.29) is 12.0 Å². The predicted octanol–water partition coefficient (Wildman–Crippen LogP) is 2.22. The maximum Gasteiger partial charge on any atom is 0.310 e. The van der Waals surface area contributed by atoms with Gasteiger partial charge in [-0.25, -0.2) is 0 Å². The lowest BCUT2D eigenvalue weighted by Gasteiger charge is -2.25. The molecule has 2 aromatic rings. The molecule has 0 radical (unpaired) electrons. The fraction of sp³-hybridized carbons (Fsp3) is 0.250. The predicted molar refractivity (Wildman–Crippen MR) is 98.9 cm³/mol. The van der Waals surface area contributed by atoms with Crippen LogP contribution in [0.1, 0.15) is 16.8 Å². The van der Waals surface area contributed by atoms with Crippen LogP contribution >= 0.6 is 0 Å². The van der Waals surface area contributed by atoms with E-state index in [1.165, 1.54) is 20.3 Å². The fourth-order valence-electron chi connectivity index (χ4n) is 2.69. The minimum Gasteiger partial charge on any atom is -0.497 e.